The van der Waals surface area contributed by atoms with Gasteiger partial charge in [0.25, 0.3) is 0 Å². The highest BCUT2D eigenvalue weighted by Gasteiger charge is 2.46. The molecule has 0 bridgehead atoms. The normalized spacial score (nSPS) is 19.7. The van der Waals surface area contributed by atoms with Crippen LogP contribution in [0.2, 0.25) is 0 Å². The van der Waals surface area contributed by atoms with E-state index in [1.807, 2.05) is 0 Å². The predicted octanol–water partition coefficient (Wildman–Crippen LogP) is 2.21. The van der Waals surface area contributed by atoms with Crippen molar-refractivity contribution >= 4 is 11.9 Å². The molecule has 1 atom stereocenters. The van der Waals surface area contributed by atoms with Crippen LogP contribution in [0.3, 0.4) is 0 Å². The molecule has 0 saturated heterocycles. The summed E-state index contributed by atoms with van der Waals surface area (Å²) in [5, 5.41) is 11.3. The highest BCUT2D eigenvalue weighted by atomic mass is 19.4. The van der Waals surface area contributed by atoms with Crippen LogP contribution in [0.5, 0.6) is 0 Å². The molecule has 21 heavy (non-hydrogen) atoms. The fraction of sp³-hybridized carbons (Fsp3) is 0.538. The third-order valence-electron chi connectivity index (χ3n) is 3.18. The number of rotatable bonds is 3. The summed E-state index contributed by atoms with van der Waals surface area (Å²) in [5.74, 6) is -4.29. The maximum Gasteiger partial charge on any atom is 0.431 e. The number of methoxy groups -OCH3 is 1. The maximum absolute atomic E-state index is 13.1. The Hall–Kier alpha value is -1.99. The minimum absolute atomic E-state index is 0.0602. The van der Waals surface area contributed by atoms with Gasteiger partial charge in [-0.15, -0.1) is 0 Å². The minimum Gasteiger partial charge on any atom is -0.478 e. The van der Waals surface area contributed by atoms with Gasteiger partial charge >= 0.3 is 18.1 Å². The number of nitrogens with one attached hydrogen (secondary N) is 1. The van der Waals surface area contributed by atoms with Gasteiger partial charge in [-0.3, -0.25) is 0 Å². The number of halogens is 3. The van der Waals surface area contributed by atoms with Crippen LogP contribution in [0.4, 0.5) is 13.2 Å². The van der Waals surface area contributed by atoms with Gasteiger partial charge in [-0.25, -0.2) is 9.59 Å². The third-order valence-corrected chi connectivity index (χ3v) is 3.18. The second-order valence-corrected chi connectivity index (χ2v) is 4.91. The van der Waals surface area contributed by atoms with Gasteiger partial charge in [0.15, 0.2) is 0 Å². The van der Waals surface area contributed by atoms with Gasteiger partial charge in [0.1, 0.15) is 5.70 Å². The van der Waals surface area contributed by atoms with E-state index in [0.29, 0.717) is 0 Å². The van der Waals surface area contributed by atoms with E-state index >= 15 is 0 Å². The zero-order chi connectivity index (χ0) is 16.5. The van der Waals surface area contributed by atoms with Crippen molar-refractivity contribution in [1.29, 1.82) is 0 Å². The lowest BCUT2D eigenvalue weighted by molar-refractivity contribution is -0.139. The molecule has 118 valence electrons. The Morgan fingerprint density at radius 1 is 1.29 bits per heavy atom. The van der Waals surface area contributed by atoms with Gasteiger partial charge < -0.3 is 15.2 Å². The fourth-order valence-corrected chi connectivity index (χ4v) is 2.23. The molecule has 8 heteroatoms. The molecule has 0 aromatic heterocycles. The number of carboxylic acid groups (broad SMARTS) is 1. The first-order valence-corrected chi connectivity index (χ1v) is 6.16. The molecular weight excluding hydrogens is 291 g/mol. The largest absolute Gasteiger partial charge is 0.478 e. The summed E-state index contributed by atoms with van der Waals surface area (Å²) in [4.78, 5) is 23.0. The van der Waals surface area contributed by atoms with Crippen LogP contribution in [-0.4, -0.2) is 30.3 Å². The predicted molar refractivity (Wildman–Crippen MR) is 66.9 cm³/mol. The highest BCUT2D eigenvalue weighted by molar-refractivity contribution is 5.97. The maximum atomic E-state index is 13.1. The van der Waals surface area contributed by atoms with Crippen molar-refractivity contribution in [2.24, 2.45) is 11.8 Å². The first-order chi connectivity index (χ1) is 9.52. The topological polar surface area (TPSA) is 75.6 Å². The Morgan fingerprint density at radius 3 is 2.14 bits per heavy atom. The quantitative estimate of drug-likeness (QED) is 0.782. The standard InChI is InChI=1S/C13H16F3NO4/c1-5(2)9-7(11(18)19)6(3)8(12(20)21-4)10(17-9)13(14,15)16/h5-6,17H,1-4H3,(H,18,19). The Bertz CT molecular complexity index is 532. The summed E-state index contributed by atoms with van der Waals surface area (Å²) < 4.78 is 43.7. The number of alkyl halides is 3. The monoisotopic (exact) mass is 307 g/mol. The van der Waals surface area contributed by atoms with Gasteiger partial charge in [-0.05, 0) is 5.92 Å². The van der Waals surface area contributed by atoms with Crippen LogP contribution in [0.15, 0.2) is 22.5 Å². The van der Waals surface area contributed by atoms with E-state index in [4.69, 9.17) is 0 Å². The first-order valence-electron chi connectivity index (χ1n) is 6.16. The number of aliphatic carboxylic acids is 1. The molecule has 0 aromatic carbocycles. The molecule has 0 radical (unpaired) electrons. The molecule has 1 unspecified atom stereocenters. The summed E-state index contributed by atoms with van der Waals surface area (Å²) in [6.07, 6.45) is -4.82. The number of carbonyl (C=O) groups excluding carboxylic acids is 1. The van der Waals surface area contributed by atoms with Crippen LogP contribution in [0.25, 0.3) is 0 Å². The van der Waals surface area contributed by atoms with Crippen LogP contribution in [0.1, 0.15) is 20.8 Å². The van der Waals surface area contributed by atoms with Gasteiger partial charge in [0.2, 0.25) is 0 Å². The third kappa shape index (κ3) is 3.20. The van der Waals surface area contributed by atoms with E-state index < -0.39 is 41.2 Å². The highest BCUT2D eigenvalue weighted by Crippen LogP contribution is 2.39. The molecule has 1 rings (SSSR count). The van der Waals surface area contributed by atoms with Gasteiger partial charge in [0.05, 0.1) is 18.3 Å². The van der Waals surface area contributed by atoms with Crippen molar-refractivity contribution in [3.63, 3.8) is 0 Å². The lowest BCUT2D eigenvalue weighted by atomic mass is 9.84. The Labute approximate surface area is 119 Å². The molecule has 5 nitrogen and oxygen atoms in total. The van der Waals surface area contributed by atoms with Gasteiger partial charge in [0, 0.05) is 11.6 Å². The number of hydrogen-bond donors (Lipinski definition) is 2. The average Bonchev–Trinajstić information content (AvgIpc) is 2.34. The molecule has 1 heterocycles. The number of carbonyl (C=O) groups is 2. The summed E-state index contributed by atoms with van der Waals surface area (Å²) in [7, 11) is 0.943. The number of ether oxygens (including phenoxy) is 1. The van der Waals surface area contributed by atoms with Crippen LogP contribution >= 0.6 is 0 Å². The van der Waals surface area contributed by atoms with Crippen LogP contribution < -0.4 is 5.32 Å². The molecule has 1 aliphatic heterocycles. The van der Waals surface area contributed by atoms with Crippen molar-refractivity contribution in [3.8, 4) is 0 Å². The SMILES string of the molecule is COC(=O)C1=C(C(F)(F)F)NC(C(C)C)=C(C(=O)O)C1C. The molecule has 0 fully saturated rings. The van der Waals surface area contributed by atoms with Crippen molar-refractivity contribution in [3.05, 3.63) is 22.5 Å². The smallest absolute Gasteiger partial charge is 0.431 e. The Balaban J connectivity index is 3.56. The molecule has 2 N–H and O–H groups in total. The lowest BCUT2D eigenvalue weighted by Crippen LogP contribution is -2.40. The molecule has 0 amide bonds. The fourth-order valence-electron chi connectivity index (χ4n) is 2.23. The Kier molecular flexibility index (Phi) is 4.70. The van der Waals surface area contributed by atoms with Crippen LogP contribution in [-0.2, 0) is 14.3 Å². The molecule has 1 aliphatic rings. The summed E-state index contributed by atoms with van der Waals surface area (Å²) in [6, 6.07) is 0. The zero-order valence-electron chi connectivity index (χ0n) is 12.0. The van der Waals surface area contributed by atoms with E-state index in [0.717, 1.165) is 7.11 Å². The zero-order valence-corrected chi connectivity index (χ0v) is 12.0. The summed E-state index contributed by atoms with van der Waals surface area (Å²) in [5.41, 5.74) is -2.32. The Morgan fingerprint density at radius 2 is 1.81 bits per heavy atom. The molecular formula is C13H16F3NO4. The number of allylic oxidation sites excluding steroid dienone is 2. The first kappa shape index (κ1) is 17.1. The summed E-state index contributed by atoms with van der Waals surface area (Å²) in [6.45, 7) is 4.37. The van der Waals surface area contributed by atoms with Crippen molar-refractivity contribution < 1.29 is 32.6 Å². The average molecular weight is 307 g/mol. The van der Waals surface area contributed by atoms with Gasteiger partial charge in [-0.1, -0.05) is 20.8 Å². The van der Waals surface area contributed by atoms with E-state index in [2.05, 4.69) is 10.1 Å². The van der Waals surface area contributed by atoms with Gasteiger partial charge in [-0.2, -0.15) is 13.2 Å². The van der Waals surface area contributed by atoms with E-state index in [1.54, 1.807) is 13.8 Å². The number of carboxylic acids is 1. The summed E-state index contributed by atoms with van der Waals surface area (Å²) >= 11 is 0. The minimum atomic E-state index is -4.82. The second-order valence-electron chi connectivity index (χ2n) is 4.91. The van der Waals surface area contributed by atoms with Crippen molar-refractivity contribution in [2.45, 2.75) is 26.9 Å². The van der Waals surface area contributed by atoms with E-state index in [9.17, 15) is 27.9 Å². The number of esters is 1. The van der Waals surface area contributed by atoms with Crippen LogP contribution in [0, 0.1) is 11.8 Å². The molecule has 0 spiro atoms. The van der Waals surface area contributed by atoms with Crippen molar-refractivity contribution in [1.82, 2.24) is 5.32 Å². The van der Waals surface area contributed by atoms with Crippen molar-refractivity contribution in [2.75, 3.05) is 7.11 Å². The molecule has 0 saturated carbocycles. The number of hydrogen-bond acceptors (Lipinski definition) is 4. The number of dihydropyridines is 1. The molecule has 0 aliphatic carbocycles. The lowest BCUT2D eigenvalue weighted by Gasteiger charge is -2.31. The van der Waals surface area contributed by atoms with E-state index in [-0.39, 0.29) is 11.3 Å². The molecule has 0 aromatic rings. The second kappa shape index (κ2) is 5.79. The van der Waals surface area contributed by atoms with E-state index in [1.165, 1.54) is 6.92 Å².